The molecule has 7 heteroatoms. The Morgan fingerprint density at radius 1 is 0.593 bits per heavy atom. The number of ether oxygens (including phenoxy) is 7. The van der Waals surface area contributed by atoms with Crippen molar-refractivity contribution in [3.05, 3.63) is 23.0 Å². The number of allylic oxidation sites excluding steroid dienone is 2. The van der Waals surface area contributed by atoms with E-state index >= 15 is 0 Å². The van der Waals surface area contributed by atoms with Crippen LogP contribution in [0.5, 0.6) is 0 Å². The van der Waals surface area contributed by atoms with Gasteiger partial charge in [-0.05, 0) is 12.8 Å². The van der Waals surface area contributed by atoms with Gasteiger partial charge in [-0.3, -0.25) is 0 Å². The van der Waals surface area contributed by atoms with Gasteiger partial charge in [-0.15, -0.1) is 0 Å². The van der Waals surface area contributed by atoms with Crippen molar-refractivity contribution in [2.45, 2.75) is 65.0 Å². The van der Waals surface area contributed by atoms with Gasteiger partial charge in [0, 0.05) is 27.1 Å². The quantitative estimate of drug-likeness (QED) is 0.287. The number of hydrogen-bond donors (Lipinski definition) is 0. The molecule has 0 radical (unpaired) electrons. The average molecular weight is 391 g/mol. The van der Waals surface area contributed by atoms with Gasteiger partial charge in [-0.25, -0.2) is 0 Å². The van der Waals surface area contributed by atoms with Crippen LogP contribution >= 0.6 is 0 Å². The third-order valence-corrected chi connectivity index (χ3v) is 4.10. The van der Waals surface area contributed by atoms with E-state index in [4.69, 9.17) is 33.2 Å². The molecule has 0 aliphatic rings. The van der Waals surface area contributed by atoms with E-state index in [1.807, 2.05) is 0 Å². The van der Waals surface area contributed by atoms with Crippen molar-refractivity contribution in [1.82, 2.24) is 0 Å². The van der Waals surface area contributed by atoms with Crippen LogP contribution in [0.1, 0.15) is 52.4 Å². The summed E-state index contributed by atoms with van der Waals surface area (Å²) in [5.74, 6) is 2.31. The fraction of sp³-hybridized carbons (Fsp3) is 0.800. The van der Waals surface area contributed by atoms with Crippen LogP contribution in [0.3, 0.4) is 0 Å². The highest BCUT2D eigenvalue weighted by Crippen LogP contribution is 2.25. The molecule has 0 bridgehead atoms. The lowest BCUT2D eigenvalue weighted by atomic mass is 10.2. The lowest BCUT2D eigenvalue weighted by Gasteiger charge is -2.27. The second kappa shape index (κ2) is 15.6. The Morgan fingerprint density at radius 2 is 0.963 bits per heavy atom. The van der Waals surface area contributed by atoms with Crippen LogP contribution in [0.15, 0.2) is 23.0 Å². The molecule has 0 spiro atoms. The molecule has 0 saturated heterocycles. The Balaban J connectivity index is 5.68. The first-order chi connectivity index (χ1) is 13.1. The molecule has 0 aromatic heterocycles. The molecule has 0 amide bonds. The molecule has 7 nitrogen and oxygen atoms in total. The van der Waals surface area contributed by atoms with Crippen LogP contribution in [0.4, 0.5) is 0 Å². The standard InChI is InChI=1S/C20H38O7/c1-9-11-13-15(21-3)17(23-5)19(25-7)27-20(26-8)18(24-6)16(22-4)14-12-10-2/h19-20H,9-14H2,1-8H3. The monoisotopic (exact) mass is 390 g/mol. The average Bonchev–Trinajstić information content (AvgIpc) is 2.70. The molecule has 2 atom stereocenters. The maximum absolute atomic E-state index is 6.01. The second-order valence-corrected chi connectivity index (χ2v) is 5.87. The molecule has 0 N–H and O–H groups in total. The third kappa shape index (κ3) is 8.41. The van der Waals surface area contributed by atoms with Crippen molar-refractivity contribution in [2.24, 2.45) is 0 Å². The Kier molecular flexibility index (Phi) is 14.8. The first-order valence-corrected chi connectivity index (χ1v) is 9.41. The van der Waals surface area contributed by atoms with Crippen molar-refractivity contribution >= 4 is 0 Å². The Morgan fingerprint density at radius 3 is 1.19 bits per heavy atom. The summed E-state index contributed by atoms with van der Waals surface area (Å²) in [4.78, 5) is 0. The number of methoxy groups -OCH3 is 6. The van der Waals surface area contributed by atoms with Crippen LogP contribution in [0.2, 0.25) is 0 Å². The highest BCUT2D eigenvalue weighted by atomic mass is 16.8. The van der Waals surface area contributed by atoms with Crippen LogP contribution in [0, 0.1) is 0 Å². The first kappa shape index (κ1) is 25.6. The smallest absolute Gasteiger partial charge is 0.222 e. The zero-order valence-electron chi connectivity index (χ0n) is 18.3. The molecule has 0 aromatic carbocycles. The van der Waals surface area contributed by atoms with Crippen LogP contribution in [0.25, 0.3) is 0 Å². The number of unbranched alkanes of at least 4 members (excludes halogenated alkanes) is 2. The third-order valence-electron chi connectivity index (χ3n) is 4.10. The molecule has 0 aliphatic heterocycles. The first-order valence-electron chi connectivity index (χ1n) is 9.41. The molecule has 0 saturated carbocycles. The van der Waals surface area contributed by atoms with Crippen LogP contribution < -0.4 is 0 Å². The maximum Gasteiger partial charge on any atom is 0.222 e. The van der Waals surface area contributed by atoms with Crippen molar-refractivity contribution in [2.75, 3.05) is 42.7 Å². The molecule has 27 heavy (non-hydrogen) atoms. The lowest BCUT2D eigenvalue weighted by Crippen LogP contribution is -2.31. The number of hydrogen-bond acceptors (Lipinski definition) is 7. The van der Waals surface area contributed by atoms with E-state index in [0.717, 1.165) is 38.5 Å². The van der Waals surface area contributed by atoms with Crippen LogP contribution in [-0.2, 0) is 33.2 Å². The fourth-order valence-electron chi connectivity index (χ4n) is 2.57. The molecule has 160 valence electrons. The molecule has 0 rings (SSSR count). The zero-order chi connectivity index (χ0) is 20.7. The van der Waals surface area contributed by atoms with E-state index < -0.39 is 12.6 Å². The molecule has 0 aliphatic carbocycles. The van der Waals surface area contributed by atoms with E-state index in [1.54, 1.807) is 28.4 Å². The van der Waals surface area contributed by atoms with Gasteiger partial charge < -0.3 is 33.2 Å². The van der Waals surface area contributed by atoms with E-state index in [1.165, 1.54) is 14.2 Å². The van der Waals surface area contributed by atoms with Crippen molar-refractivity contribution < 1.29 is 33.2 Å². The van der Waals surface area contributed by atoms with Crippen LogP contribution in [-0.4, -0.2) is 55.2 Å². The van der Waals surface area contributed by atoms with E-state index in [0.29, 0.717) is 23.0 Å². The topological polar surface area (TPSA) is 64.6 Å². The van der Waals surface area contributed by atoms with Gasteiger partial charge in [0.2, 0.25) is 12.6 Å². The van der Waals surface area contributed by atoms with Crippen molar-refractivity contribution in [1.29, 1.82) is 0 Å². The van der Waals surface area contributed by atoms with Gasteiger partial charge in [0.15, 0.2) is 11.5 Å². The highest BCUT2D eigenvalue weighted by Gasteiger charge is 2.29. The number of rotatable bonds is 16. The summed E-state index contributed by atoms with van der Waals surface area (Å²) >= 11 is 0. The Labute approximate surface area is 164 Å². The Bertz CT molecular complexity index is 406. The minimum Gasteiger partial charge on any atom is -0.497 e. The van der Waals surface area contributed by atoms with Gasteiger partial charge in [0.25, 0.3) is 0 Å². The summed E-state index contributed by atoms with van der Waals surface area (Å²) in [6, 6.07) is 0. The summed E-state index contributed by atoms with van der Waals surface area (Å²) in [5, 5.41) is 0. The zero-order valence-corrected chi connectivity index (χ0v) is 18.3. The molecular formula is C20H38O7. The summed E-state index contributed by atoms with van der Waals surface area (Å²) < 4.78 is 39.1. The molecule has 0 aromatic rings. The van der Waals surface area contributed by atoms with E-state index in [-0.39, 0.29) is 0 Å². The predicted octanol–water partition coefficient (Wildman–Crippen LogP) is 4.34. The van der Waals surface area contributed by atoms with E-state index in [2.05, 4.69) is 13.8 Å². The minimum atomic E-state index is -0.818. The molecule has 0 heterocycles. The molecule has 2 unspecified atom stereocenters. The molecular weight excluding hydrogens is 352 g/mol. The second-order valence-electron chi connectivity index (χ2n) is 5.87. The van der Waals surface area contributed by atoms with Gasteiger partial charge >= 0.3 is 0 Å². The largest absolute Gasteiger partial charge is 0.497 e. The van der Waals surface area contributed by atoms with E-state index in [9.17, 15) is 0 Å². The highest BCUT2D eigenvalue weighted by molar-refractivity contribution is 5.08. The SMILES string of the molecule is CCCCC(OC)=C(OC)C(OC)OC(OC)C(OC)=C(CCCC)OC. The summed E-state index contributed by atoms with van der Waals surface area (Å²) in [7, 11) is 9.42. The van der Waals surface area contributed by atoms with Gasteiger partial charge in [-0.2, -0.15) is 0 Å². The maximum atomic E-state index is 6.01. The molecule has 0 fully saturated rings. The van der Waals surface area contributed by atoms with Crippen molar-refractivity contribution in [3.8, 4) is 0 Å². The minimum absolute atomic E-state index is 0.471. The predicted molar refractivity (Wildman–Crippen MR) is 104 cm³/mol. The Hall–Kier alpha value is -1.44. The van der Waals surface area contributed by atoms with Crippen molar-refractivity contribution in [3.63, 3.8) is 0 Å². The fourth-order valence-corrected chi connectivity index (χ4v) is 2.57. The van der Waals surface area contributed by atoms with Gasteiger partial charge in [0.1, 0.15) is 11.5 Å². The van der Waals surface area contributed by atoms with Gasteiger partial charge in [-0.1, -0.05) is 26.7 Å². The lowest BCUT2D eigenvalue weighted by molar-refractivity contribution is -0.223. The normalized spacial score (nSPS) is 15.4. The summed E-state index contributed by atoms with van der Waals surface area (Å²) in [6.07, 6.45) is 3.82. The summed E-state index contributed by atoms with van der Waals surface area (Å²) in [6.45, 7) is 4.23. The van der Waals surface area contributed by atoms with Gasteiger partial charge in [0.05, 0.1) is 28.4 Å². The summed E-state index contributed by atoms with van der Waals surface area (Å²) in [5.41, 5.74) is 0.